The molecule has 20 heavy (non-hydrogen) atoms. The van der Waals surface area contributed by atoms with E-state index in [1.54, 1.807) is 0 Å². The van der Waals surface area contributed by atoms with E-state index in [2.05, 4.69) is 23.9 Å². The number of hydrogen-bond acceptors (Lipinski definition) is 4. The van der Waals surface area contributed by atoms with Gasteiger partial charge in [0.15, 0.2) is 5.58 Å². The highest BCUT2D eigenvalue weighted by molar-refractivity contribution is 5.76. The highest BCUT2D eigenvalue weighted by Gasteiger charge is 2.25. The summed E-state index contributed by atoms with van der Waals surface area (Å²) >= 11 is 0. The van der Waals surface area contributed by atoms with Gasteiger partial charge in [0.1, 0.15) is 5.52 Å². The standard InChI is InChI=1S/C16H23N3O/c1-11-5-3-4-6-14(11)19(2)10-16-18-13-9-12(17)7-8-15(13)20-16/h7-9,11,14H,3-6,10,17H2,1-2H3. The van der Waals surface area contributed by atoms with Gasteiger partial charge in [0.25, 0.3) is 0 Å². The van der Waals surface area contributed by atoms with Gasteiger partial charge in [0.05, 0.1) is 6.54 Å². The van der Waals surface area contributed by atoms with Gasteiger partial charge < -0.3 is 10.2 Å². The molecule has 1 aliphatic rings. The van der Waals surface area contributed by atoms with Gasteiger partial charge in [-0.15, -0.1) is 0 Å². The molecule has 2 aromatic rings. The van der Waals surface area contributed by atoms with E-state index >= 15 is 0 Å². The third kappa shape index (κ3) is 2.66. The van der Waals surface area contributed by atoms with Crippen molar-refractivity contribution in [2.45, 2.75) is 45.2 Å². The zero-order valence-electron chi connectivity index (χ0n) is 12.3. The zero-order valence-corrected chi connectivity index (χ0v) is 12.3. The fourth-order valence-electron chi connectivity index (χ4n) is 3.34. The third-order valence-corrected chi connectivity index (χ3v) is 4.47. The molecule has 1 aliphatic carbocycles. The molecule has 1 aromatic carbocycles. The Morgan fingerprint density at radius 3 is 2.95 bits per heavy atom. The normalized spacial score (nSPS) is 23.6. The fraction of sp³-hybridized carbons (Fsp3) is 0.562. The average Bonchev–Trinajstić information content (AvgIpc) is 2.80. The molecule has 1 fully saturated rings. The Morgan fingerprint density at radius 1 is 1.35 bits per heavy atom. The summed E-state index contributed by atoms with van der Waals surface area (Å²) in [7, 11) is 2.18. The number of oxazole rings is 1. The van der Waals surface area contributed by atoms with Gasteiger partial charge in [-0.25, -0.2) is 4.98 Å². The Balaban J connectivity index is 1.75. The largest absolute Gasteiger partial charge is 0.439 e. The molecule has 4 heteroatoms. The Morgan fingerprint density at radius 2 is 2.15 bits per heavy atom. The molecule has 1 heterocycles. The van der Waals surface area contributed by atoms with Crippen molar-refractivity contribution < 1.29 is 4.42 Å². The fourth-order valence-corrected chi connectivity index (χ4v) is 3.34. The summed E-state index contributed by atoms with van der Waals surface area (Å²) in [6, 6.07) is 6.25. The molecule has 0 radical (unpaired) electrons. The van der Waals surface area contributed by atoms with Crippen molar-refractivity contribution in [3.8, 4) is 0 Å². The smallest absolute Gasteiger partial charge is 0.209 e. The molecule has 0 spiro atoms. The quantitative estimate of drug-likeness (QED) is 0.871. The maximum absolute atomic E-state index is 5.81. The number of nitrogens with zero attached hydrogens (tertiary/aromatic N) is 2. The summed E-state index contributed by atoms with van der Waals surface area (Å²) in [6.45, 7) is 3.12. The van der Waals surface area contributed by atoms with Gasteiger partial charge >= 0.3 is 0 Å². The van der Waals surface area contributed by atoms with Crippen LogP contribution < -0.4 is 5.73 Å². The van der Waals surface area contributed by atoms with Crippen LogP contribution in [0.5, 0.6) is 0 Å². The Bertz CT molecular complexity index is 592. The van der Waals surface area contributed by atoms with E-state index in [-0.39, 0.29) is 0 Å². The van der Waals surface area contributed by atoms with E-state index in [0.29, 0.717) is 6.04 Å². The second-order valence-electron chi connectivity index (χ2n) is 6.08. The highest BCUT2D eigenvalue weighted by atomic mass is 16.3. The maximum atomic E-state index is 5.81. The van der Waals surface area contributed by atoms with Crippen LogP contribution in [0.15, 0.2) is 22.6 Å². The first-order valence-corrected chi connectivity index (χ1v) is 7.48. The van der Waals surface area contributed by atoms with Crippen LogP contribution in [-0.4, -0.2) is 23.0 Å². The van der Waals surface area contributed by atoms with Crippen molar-refractivity contribution in [1.82, 2.24) is 9.88 Å². The molecule has 0 saturated heterocycles. The van der Waals surface area contributed by atoms with Crippen LogP contribution in [0, 0.1) is 5.92 Å². The predicted molar refractivity (Wildman–Crippen MR) is 81.3 cm³/mol. The topological polar surface area (TPSA) is 55.3 Å². The van der Waals surface area contributed by atoms with Crippen molar-refractivity contribution in [2.75, 3.05) is 12.8 Å². The molecule has 3 rings (SSSR count). The van der Waals surface area contributed by atoms with E-state index in [1.807, 2.05) is 18.2 Å². The molecule has 108 valence electrons. The SMILES string of the molecule is CC1CCCCC1N(C)Cc1nc2cc(N)ccc2o1. The number of benzene rings is 1. The van der Waals surface area contributed by atoms with Gasteiger partial charge in [-0.2, -0.15) is 0 Å². The minimum absolute atomic E-state index is 0.642. The van der Waals surface area contributed by atoms with E-state index < -0.39 is 0 Å². The lowest BCUT2D eigenvalue weighted by Gasteiger charge is -2.35. The third-order valence-electron chi connectivity index (χ3n) is 4.47. The second-order valence-corrected chi connectivity index (χ2v) is 6.08. The molecule has 2 atom stereocenters. The molecule has 0 amide bonds. The Hall–Kier alpha value is -1.55. The van der Waals surface area contributed by atoms with Crippen molar-refractivity contribution >= 4 is 16.8 Å². The summed E-state index contributed by atoms with van der Waals surface area (Å²) in [5, 5.41) is 0. The molecular weight excluding hydrogens is 250 g/mol. The molecule has 2 unspecified atom stereocenters. The van der Waals surface area contributed by atoms with Gasteiger partial charge in [0, 0.05) is 11.7 Å². The molecule has 2 N–H and O–H groups in total. The minimum atomic E-state index is 0.642. The number of rotatable bonds is 3. The van der Waals surface area contributed by atoms with E-state index in [1.165, 1.54) is 25.7 Å². The van der Waals surface area contributed by atoms with Crippen LogP contribution in [-0.2, 0) is 6.54 Å². The van der Waals surface area contributed by atoms with E-state index in [4.69, 9.17) is 10.2 Å². The second kappa shape index (κ2) is 5.44. The van der Waals surface area contributed by atoms with E-state index in [9.17, 15) is 0 Å². The first-order chi connectivity index (χ1) is 9.63. The lowest BCUT2D eigenvalue weighted by molar-refractivity contribution is 0.124. The average molecular weight is 273 g/mol. The van der Waals surface area contributed by atoms with Gasteiger partial charge in [-0.05, 0) is 44.0 Å². The van der Waals surface area contributed by atoms with Crippen molar-refractivity contribution in [3.05, 3.63) is 24.1 Å². The first kappa shape index (κ1) is 13.4. The molecular formula is C16H23N3O. The summed E-state index contributed by atoms with van der Waals surface area (Å²) < 4.78 is 5.81. The molecule has 1 aromatic heterocycles. The van der Waals surface area contributed by atoms with Crippen LogP contribution in [0.1, 0.15) is 38.5 Å². The van der Waals surface area contributed by atoms with Crippen LogP contribution in [0.2, 0.25) is 0 Å². The number of hydrogen-bond donors (Lipinski definition) is 1. The van der Waals surface area contributed by atoms with Crippen LogP contribution in [0.3, 0.4) is 0 Å². The molecule has 4 nitrogen and oxygen atoms in total. The number of nitrogen functional groups attached to an aromatic ring is 1. The van der Waals surface area contributed by atoms with Crippen LogP contribution in [0.25, 0.3) is 11.1 Å². The molecule has 1 saturated carbocycles. The van der Waals surface area contributed by atoms with Gasteiger partial charge in [0.2, 0.25) is 5.89 Å². The summed E-state index contributed by atoms with van der Waals surface area (Å²) in [4.78, 5) is 6.93. The van der Waals surface area contributed by atoms with Crippen LogP contribution in [0.4, 0.5) is 5.69 Å². The monoisotopic (exact) mass is 273 g/mol. The van der Waals surface area contributed by atoms with Crippen LogP contribution >= 0.6 is 0 Å². The molecule has 0 aliphatic heterocycles. The van der Waals surface area contributed by atoms with Gasteiger partial charge in [-0.1, -0.05) is 19.8 Å². The Kier molecular flexibility index (Phi) is 3.66. The summed E-state index contributed by atoms with van der Waals surface area (Å²) in [5.74, 6) is 1.54. The van der Waals surface area contributed by atoms with Crippen molar-refractivity contribution in [3.63, 3.8) is 0 Å². The number of fused-ring (bicyclic) bond motifs is 1. The molecule has 0 bridgehead atoms. The summed E-state index contributed by atoms with van der Waals surface area (Å²) in [6.07, 6.45) is 5.32. The van der Waals surface area contributed by atoms with Crippen molar-refractivity contribution in [2.24, 2.45) is 5.92 Å². The first-order valence-electron chi connectivity index (χ1n) is 7.48. The minimum Gasteiger partial charge on any atom is -0.439 e. The zero-order chi connectivity index (χ0) is 14.1. The predicted octanol–water partition coefficient (Wildman–Crippen LogP) is 3.42. The Labute approximate surface area is 120 Å². The number of aromatic nitrogens is 1. The maximum Gasteiger partial charge on any atom is 0.209 e. The van der Waals surface area contributed by atoms with E-state index in [0.717, 1.165) is 35.1 Å². The number of nitrogens with two attached hydrogens (primary N) is 1. The van der Waals surface area contributed by atoms with Gasteiger partial charge in [-0.3, -0.25) is 4.90 Å². The number of anilines is 1. The van der Waals surface area contributed by atoms with Crippen molar-refractivity contribution in [1.29, 1.82) is 0 Å². The highest BCUT2D eigenvalue weighted by Crippen LogP contribution is 2.28. The summed E-state index contributed by atoms with van der Waals surface area (Å²) in [5.41, 5.74) is 8.18. The lowest BCUT2D eigenvalue weighted by atomic mass is 9.85. The lowest BCUT2D eigenvalue weighted by Crippen LogP contribution is -2.38.